The third-order valence-corrected chi connectivity index (χ3v) is 3.96. The molecule has 0 aliphatic heterocycles. The number of ketones is 1. The van der Waals surface area contributed by atoms with Crippen LogP contribution in [0.2, 0.25) is 15.1 Å². The summed E-state index contributed by atoms with van der Waals surface area (Å²) in [5.74, 6) is -0.519. The van der Waals surface area contributed by atoms with Crippen molar-refractivity contribution in [3.05, 3.63) is 68.7 Å². The monoisotopic (exact) mass is 314 g/mol. The zero-order valence-electron chi connectivity index (χ0n) is 9.61. The minimum atomic E-state index is -1.28. The summed E-state index contributed by atoms with van der Waals surface area (Å²) in [6.07, 6.45) is -1.28. The number of Topliss-reactive ketones (excluding diaryl/α,β-unsaturated/α-hetero) is 1. The minimum absolute atomic E-state index is 0.0501. The Balaban J connectivity index is 2.38. The SMILES string of the molecule is O=C(c1ccc(Cl)c(Cl)c1Cl)C(O)c1ccccc1. The van der Waals surface area contributed by atoms with Gasteiger partial charge in [0, 0.05) is 5.56 Å². The van der Waals surface area contributed by atoms with Crippen molar-refractivity contribution in [2.75, 3.05) is 0 Å². The Bertz CT molecular complexity index is 612. The smallest absolute Gasteiger partial charge is 0.197 e. The number of aliphatic hydroxyl groups is 1. The molecule has 19 heavy (non-hydrogen) atoms. The molecule has 2 aromatic rings. The second-order valence-electron chi connectivity index (χ2n) is 3.90. The van der Waals surface area contributed by atoms with Crippen LogP contribution in [0.3, 0.4) is 0 Å². The van der Waals surface area contributed by atoms with E-state index in [2.05, 4.69) is 0 Å². The summed E-state index contributed by atoms with van der Waals surface area (Å²) in [6, 6.07) is 11.5. The fourth-order valence-corrected chi connectivity index (χ4v) is 2.28. The maximum absolute atomic E-state index is 12.2. The number of hydrogen-bond acceptors (Lipinski definition) is 2. The Hall–Kier alpha value is -1.06. The molecule has 0 saturated carbocycles. The Morgan fingerprint density at radius 2 is 1.58 bits per heavy atom. The number of benzene rings is 2. The van der Waals surface area contributed by atoms with Crippen molar-refractivity contribution >= 4 is 40.6 Å². The van der Waals surface area contributed by atoms with Crippen molar-refractivity contribution in [3.8, 4) is 0 Å². The summed E-state index contributed by atoms with van der Waals surface area (Å²) in [5, 5.41) is 10.5. The van der Waals surface area contributed by atoms with Gasteiger partial charge in [-0.3, -0.25) is 4.79 Å². The van der Waals surface area contributed by atoms with E-state index in [0.29, 0.717) is 5.56 Å². The number of carbonyl (C=O) groups excluding carboxylic acids is 1. The normalized spacial score (nSPS) is 12.2. The quantitative estimate of drug-likeness (QED) is 0.666. The molecule has 2 rings (SSSR count). The van der Waals surface area contributed by atoms with E-state index in [0.717, 1.165) is 0 Å². The summed E-state index contributed by atoms with van der Waals surface area (Å²) in [4.78, 5) is 12.2. The highest BCUT2D eigenvalue weighted by atomic mass is 35.5. The highest BCUT2D eigenvalue weighted by molar-refractivity contribution is 6.49. The Morgan fingerprint density at radius 3 is 2.21 bits per heavy atom. The molecule has 0 aliphatic rings. The first-order chi connectivity index (χ1) is 9.02. The first-order valence-corrected chi connectivity index (χ1v) is 6.56. The van der Waals surface area contributed by atoms with E-state index in [-0.39, 0.29) is 20.6 Å². The van der Waals surface area contributed by atoms with E-state index in [1.165, 1.54) is 12.1 Å². The van der Waals surface area contributed by atoms with Gasteiger partial charge in [-0.1, -0.05) is 65.1 Å². The third kappa shape index (κ3) is 2.93. The molecule has 0 amide bonds. The predicted molar refractivity (Wildman–Crippen MR) is 77.2 cm³/mol. The molecule has 2 aromatic carbocycles. The molecule has 98 valence electrons. The molecule has 0 radical (unpaired) electrons. The molecule has 0 aliphatic carbocycles. The van der Waals surface area contributed by atoms with Gasteiger partial charge in [0.1, 0.15) is 6.10 Å². The fourth-order valence-electron chi connectivity index (χ4n) is 1.65. The van der Waals surface area contributed by atoms with Crippen LogP contribution in [0.1, 0.15) is 22.0 Å². The average Bonchev–Trinajstić information content (AvgIpc) is 2.44. The summed E-state index contributed by atoms with van der Waals surface area (Å²) < 4.78 is 0. The van der Waals surface area contributed by atoms with Crippen LogP contribution >= 0.6 is 34.8 Å². The molecule has 2 nitrogen and oxygen atoms in total. The van der Waals surface area contributed by atoms with Gasteiger partial charge in [-0.05, 0) is 17.7 Å². The predicted octanol–water partition coefficient (Wildman–Crippen LogP) is 4.56. The van der Waals surface area contributed by atoms with E-state index in [1.54, 1.807) is 30.3 Å². The van der Waals surface area contributed by atoms with E-state index >= 15 is 0 Å². The summed E-state index contributed by atoms with van der Waals surface area (Å²) in [5.41, 5.74) is 0.641. The maximum Gasteiger partial charge on any atom is 0.197 e. The van der Waals surface area contributed by atoms with Crippen molar-refractivity contribution in [1.29, 1.82) is 0 Å². The van der Waals surface area contributed by atoms with Gasteiger partial charge >= 0.3 is 0 Å². The number of hydrogen-bond donors (Lipinski definition) is 1. The minimum Gasteiger partial charge on any atom is -0.380 e. The van der Waals surface area contributed by atoms with Crippen LogP contribution in [0.25, 0.3) is 0 Å². The highest BCUT2D eigenvalue weighted by Gasteiger charge is 2.23. The molecular formula is C14H9Cl3O2. The molecule has 5 heteroatoms. The molecule has 0 saturated heterocycles. The first kappa shape index (κ1) is 14.4. The van der Waals surface area contributed by atoms with Crippen LogP contribution in [0.4, 0.5) is 0 Å². The lowest BCUT2D eigenvalue weighted by molar-refractivity contribution is 0.0747. The summed E-state index contributed by atoms with van der Waals surface area (Å²) >= 11 is 17.7. The van der Waals surface area contributed by atoms with E-state index in [9.17, 15) is 9.90 Å². The summed E-state index contributed by atoms with van der Waals surface area (Å²) in [7, 11) is 0. The lowest BCUT2D eigenvalue weighted by atomic mass is 10.00. The second kappa shape index (κ2) is 5.93. The van der Waals surface area contributed by atoms with Gasteiger partial charge in [0.15, 0.2) is 5.78 Å². The number of rotatable bonds is 3. The summed E-state index contributed by atoms with van der Waals surface area (Å²) in [6.45, 7) is 0. The standard InChI is InChI=1S/C14H9Cl3O2/c15-10-7-6-9(11(16)12(10)17)14(19)13(18)8-4-2-1-3-5-8/h1-7,13,18H. The van der Waals surface area contributed by atoms with Crippen LogP contribution in [0, 0.1) is 0 Å². The number of aliphatic hydroxyl groups excluding tert-OH is 1. The van der Waals surface area contributed by atoms with Gasteiger partial charge in [0.2, 0.25) is 0 Å². The van der Waals surface area contributed by atoms with E-state index in [1.807, 2.05) is 0 Å². The number of halogens is 3. The lowest BCUT2D eigenvalue weighted by Crippen LogP contribution is -2.12. The third-order valence-electron chi connectivity index (χ3n) is 2.66. The molecule has 0 heterocycles. The first-order valence-electron chi connectivity index (χ1n) is 5.43. The van der Waals surface area contributed by atoms with Gasteiger partial charge in [-0.2, -0.15) is 0 Å². The van der Waals surface area contributed by atoms with E-state index < -0.39 is 11.9 Å². The highest BCUT2D eigenvalue weighted by Crippen LogP contribution is 2.34. The van der Waals surface area contributed by atoms with E-state index in [4.69, 9.17) is 34.8 Å². The zero-order chi connectivity index (χ0) is 14.0. The van der Waals surface area contributed by atoms with Gasteiger partial charge < -0.3 is 5.11 Å². The second-order valence-corrected chi connectivity index (χ2v) is 5.06. The van der Waals surface area contributed by atoms with Crippen LogP contribution in [-0.4, -0.2) is 10.9 Å². The van der Waals surface area contributed by atoms with Gasteiger partial charge in [-0.25, -0.2) is 0 Å². The van der Waals surface area contributed by atoms with Crippen molar-refractivity contribution in [3.63, 3.8) is 0 Å². The van der Waals surface area contributed by atoms with Crippen LogP contribution < -0.4 is 0 Å². The fraction of sp³-hybridized carbons (Fsp3) is 0.0714. The largest absolute Gasteiger partial charge is 0.380 e. The topological polar surface area (TPSA) is 37.3 Å². The Morgan fingerprint density at radius 1 is 0.947 bits per heavy atom. The molecule has 1 unspecified atom stereocenters. The molecule has 0 bridgehead atoms. The zero-order valence-corrected chi connectivity index (χ0v) is 11.9. The molecule has 0 aromatic heterocycles. The number of carbonyl (C=O) groups is 1. The average molecular weight is 316 g/mol. The molecule has 0 fully saturated rings. The van der Waals surface area contributed by atoms with Crippen LogP contribution in [-0.2, 0) is 0 Å². The Kier molecular flexibility index (Phi) is 4.48. The van der Waals surface area contributed by atoms with Crippen LogP contribution in [0.15, 0.2) is 42.5 Å². The van der Waals surface area contributed by atoms with Crippen molar-refractivity contribution in [2.24, 2.45) is 0 Å². The lowest BCUT2D eigenvalue weighted by Gasteiger charge is -2.12. The van der Waals surface area contributed by atoms with Gasteiger partial charge in [0.25, 0.3) is 0 Å². The van der Waals surface area contributed by atoms with Gasteiger partial charge in [-0.15, -0.1) is 0 Å². The van der Waals surface area contributed by atoms with Crippen LogP contribution in [0.5, 0.6) is 0 Å². The van der Waals surface area contributed by atoms with Gasteiger partial charge in [0.05, 0.1) is 15.1 Å². The maximum atomic E-state index is 12.2. The van der Waals surface area contributed by atoms with Crippen molar-refractivity contribution < 1.29 is 9.90 Å². The molecular weight excluding hydrogens is 307 g/mol. The van der Waals surface area contributed by atoms with Crippen molar-refractivity contribution in [2.45, 2.75) is 6.10 Å². The van der Waals surface area contributed by atoms with Crippen molar-refractivity contribution in [1.82, 2.24) is 0 Å². The molecule has 1 atom stereocenters. The molecule has 0 spiro atoms. The molecule has 1 N–H and O–H groups in total. The Labute approximate surface area is 125 Å².